The van der Waals surface area contributed by atoms with Gasteiger partial charge in [0, 0.05) is 0 Å². The van der Waals surface area contributed by atoms with E-state index < -0.39 is 11.9 Å². The smallest absolute Gasteiger partial charge is 0.338 e. The van der Waals surface area contributed by atoms with Crippen LogP contribution in [0, 0.1) is 6.92 Å². The van der Waals surface area contributed by atoms with Gasteiger partial charge in [-0.05, 0) is 23.8 Å². The van der Waals surface area contributed by atoms with Crippen molar-refractivity contribution in [2.24, 2.45) is 0 Å². The van der Waals surface area contributed by atoms with E-state index in [1.54, 1.807) is 12.1 Å². The standard InChI is InChI=1S/C14H12O4/c1-8-3-5-10-9(7-8)4-6-11(14(17)18-2)12(10)13(15)16/h3-7H,1-2H3,(H,15,16). The molecule has 0 aliphatic rings. The highest BCUT2D eigenvalue weighted by Crippen LogP contribution is 2.24. The van der Waals surface area contributed by atoms with Gasteiger partial charge in [-0.3, -0.25) is 0 Å². The maximum absolute atomic E-state index is 11.6. The van der Waals surface area contributed by atoms with E-state index in [1.165, 1.54) is 13.2 Å². The number of hydrogen-bond acceptors (Lipinski definition) is 3. The molecule has 18 heavy (non-hydrogen) atoms. The highest BCUT2D eigenvalue weighted by atomic mass is 16.5. The molecule has 0 amide bonds. The fourth-order valence-electron chi connectivity index (χ4n) is 1.96. The molecule has 0 heterocycles. The molecule has 0 fully saturated rings. The Morgan fingerprint density at radius 1 is 1.17 bits per heavy atom. The summed E-state index contributed by atoms with van der Waals surface area (Å²) in [6, 6.07) is 8.61. The number of fused-ring (bicyclic) bond motifs is 1. The van der Waals surface area contributed by atoms with E-state index in [9.17, 15) is 14.7 Å². The molecule has 4 nitrogen and oxygen atoms in total. The van der Waals surface area contributed by atoms with Crippen molar-refractivity contribution < 1.29 is 19.4 Å². The Morgan fingerprint density at radius 2 is 1.89 bits per heavy atom. The molecule has 1 N–H and O–H groups in total. The molecule has 0 radical (unpaired) electrons. The predicted octanol–water partition coefficient (Wildman–Crippen LogP) is 2.63. The third-order valence-electron chi connectivity index (χ3n) is 2.79. The number of aromatic carboxylic acids is 1. The van der Waals surface area contributed by atoms with Gasteiger partial charge in [0.25, 0.3) is 0 Å². The Balaban J connectivity index is 2.82. The summed E-state index contributed by atoms with van der Waals surface area (Å²) in [5, 5.41) is 10.6. The highest BCUT2D eigenvalue weighted by Gasteiger charge is 2.19. The number of hydrogen-bond donors (Lipinski definition) is 1. The van der Waals surface area contributed by atoms with Crippen molar-refractivity contribution in [3.63, 3.8) is 0 Å². The molecule has 0 unspecified atom stereocenters. The quantitative estimate of drug-likeness (QED) is 0.825. The summed E-state index contributed by atoms with van der Waals surface area (Å²) < 4.78 is 4.60. The summed E-state index contributed by atoms with van der Waals surface area (Å²) in [7, 11) is 1.23. The lowest BCUT2D eigenvalue weighted by molar-refractivity contribution is 0.0583. The van der Waals surface area contributed by atoms with Crippen molar-refractivity contribution >= 4 is 22.7 Å². The van der Waals surface area contributed by atoms with Crippen molar-refractivity contribution in [3.05, 3.63) is 47.0 Å². The molecular weight excluding hydrogens is 232 g/mol. The third-order valence-corrected chi connectivity index (χ3v) is 2.79. The van der Waals surface area contributed by atoms with Crippen molar-refractivity contribution in [3.8, 4) is 0 Å². The van der Waals surface area contributed by atoms with E-state index in [1.807, 2.05) is 19.1 Å². The van der Waals surface area contributed by atoms with Gasteiger partial charge in [0.2, 0.25) is 0 Å². The van der Waals surface area contributed by atoms with Gasteiger partial charge < -0.3 is 9.84 Å². The van der Waals surface area contributed by atoms with Gasteiger partial charge in [0.05, 0.1) is 18.2 Å². The fraction of sp³-hybridized carbons (Fsp3) is 0.143. The van der Waals surface area contributed by atoms with Crippen LogP contribution >= 0.6 is 0 Å². The first kappa shape index (κ1) is 12.1. The van der Waals surface area contributed by atoms with Gasteiger partial charge in [-0.15, -0.1) is 0 Å². The van der Waals surface area contributed by atoms with E-state index in [-0.39, 0.29) is 11.1 Å². The van der Waals surface area contributed by atoms with Crippen LogP contribution in [0.25, 0.3) is 10.8 Å². The Kier molecular flexibility index (Phi) is 3.02. The monoisotopic (exact) mass is 244 g/mol. The molecule has 0 spiro atoms. The van der Waals surface area contributed by atoms with Gasteiger partial charge in [0.1, 0.15) is 0 Å². The molecule has 0 atom stereocenters. The van der Waals surface area contributed by atoms with Gasteiger partial charge in [-0.1, -0.05) is 29.8 Å². The summed E-state index contributed by atoms with van der Waals surface area (Å²) >= 11 is 0. The van der Waals surface area contributed by atoms with Gasteiger partial charge >= 0.3 is 11.9 Å². The van der Waals surface area contributed by atoms with Crippen LogP contribution in [-0.2, 0) is 4.74 Å². The Morgan fingerprint density at radius 3 is 2.50 bits per heavy atom. The van der Waals surface area contributed by atoms with Crippen molar-refractivity contribution in [1.29, 1.82) is 0 Å². The van der Waals surface area contributed by atoms with Gasteiger partial charge in [-0.2, -0.15) is 0 Å². The second kappa shape index (κ2) is 4.49. The minimum absolute atomic E-state index is 0.0145. The van der Waals surface area contributed by atoms with Crippen LogP contribution in [0.5, 0.6) is 0 Å². The number of carbonyl (C=O) groups excluding carboxylic acids is 1. The molecular formula is C14H12O4. The van der Waals surface area contributed by atoms with E-state index >= 15 is 0 Å². The first-order valence-corrected chi connectivity index (χ1v) is 5.39. The zero-order valence-corrected chi connectivity index (χ0v) is 10.1. The van der Waals surface area contributed by atoms with E-state index in [2.05, 4.69) is 4.74 Å². The summed E-state index contributed by atoms with van der Waals surface area (Å²) in [6.45, 7) is 1.92. The summed E-state index contributed by atoms with van der Waals surface area (Å²) in [5.74, 6) is -1.78. The average Bonchev–Trinajstić information content (AvgIpc) is 2.35. The second-order valence-corrected chi connectivity index (χ2v) is 4.01. The Hall–Kier alpha value is -2.36. The minimum atomic E-state index is -1.13. The van der Waals surface area contributed by atoms with Crippen LogP contribution in [-0.4, -0.2) is 24.2 Å². The SMILES string of the molecule is COC(=O)c1ccc2cc(C)ccc2c1C(=O)O. The summed E-state index contributed by atoms with van der Waals surface area (Å²) in [6.07, 6.45) is 0. The Labute approximate surface area is 104 Å². The average molecular weight is 244 g/mol. The first-order valence-electron chi connectivity index (χ1n) is 5.39. The minimum Gasteiger partial charge on any atom is -0.478 e. The molecule has 0 saturated heterocycles. The lowest BCUT2D eigenvalue weighted by atomic mass is 9.97. The second-order valence-electron chi connectivity index (χ2n) is 4.01. The Bertz CT molecular complexity index is 644. The van der Waals surface area contributed by atoms with Crippen LogP contribution in [0.2, 0.25) is 0 Å². The fourth-order valence-corrected chi connectivity index (χ4v) is 1.96. The van der Waals surface area contributed by atoms with Crippen molar-refractivity contribution in [2.45, 2.75) is 6.92 Å². The zero-order chi connectivity index (χ0) is 13.3. The summed E-state index contributed by atoms with van der Waals surface area (Å²) in [4.78, 5) is 22.9. The highest BCUT2D eigenvalue weighted by molar-refractivity contribution is 6.12. The number of carboxylic acids is 1. The van der Waals surface area contributed by atoms with Gasteiger partial charge in [-0.25, -0.2) is 9.59 Å². The largest absolute Gasteiger partial charge is 0.478 e. The number of rotatable bonds is 2. The molecule has 0 saturated carbocycles. The lowest BCUT2D eigenvalue weighted by Gasteiger charge is -2.08. The van der Waals surface area contributed by atoms with Crippen LogP contribution < -0.4 is 0 Å². The van der Waals surface area contributed by atoms with Crippen LogP contribution in [0.4, 0.5) is 0 Å². The predicted molar refractivity (Wildman–Crippen MR) is 67.0 cm³/mol. The molecule has 0 aliphatic heterocycles. The van der Waals surface area contributed by atoms with E-state index in [0.717, 1.165) is 10.9 Å². The normalized spacial score (nSPS) is 10.3. The van der Waals surface area contributed by atoms with E-state index in [0.29, 0.717) is 5.39 Å². The molecule has 4 heteroatoms. The molecule has 0 aliphatic carbocycles. The summed E-state index contributed by atoms with van der Waals surface area (Å²) in [5.41, 5.74) is 1.09. The van der Waals surface area contributed by atoms with Gasteiger partial charge in [0.15, 0.2) is 0 Å². The molecule has 2 aromatic carbocycles. The van der Waals surface area contributed by atoms with Crippen molar-refractivity contribution in [1.82, 2.24) is 0 Å². The molecule has 0 bridgehead atoms. The topological polar surface area (TPSA) is 63.6 Å². The molecule has 2 aromatic rings. The zero-order valence-electron chi connectivity index (χ0n) is 10.1. The first-order chi connectivity index (χ1) is 8.54. The number of aryl methyl sites for hydroxylation is 1. The molecule has 2 rings (SSSR count). The third kappa shape index (κ3) is 1.93. The van der Waals surface area contributed by atoms with Crippen molar-refractivity contribution in [2.75, 3.05) is 7.11 Å². The number of methoxy groups -OCH3 is 1. The van der Waals surface area contributed by atoms with Crippen LogP contribution in [0.15, 0.2) is 30.3 Å². The number of carboxylic acid groups (broad SMARTS) is 1. The number of carbonyl (C=O) groups is 2. The van der Waals surface area contributed by atoms with Crippen LogP contribution in [0.1, 0.15) is 26.3 Å². The maximum Gasteiger partial charge on any atom is 0.338 e. The molecule has 0 aromatic heterocycles. The van der Waals surface area contributed by atoms with E-state index in [4.69, 9.17) is 0 Å². The number of esters is 1. The van der Waals surface area contributed by atoms with Crippen LogP contribution in [0.3, 0.4) is 0 Å². The molecule has 92 valence electrons. The maximum atomic E-state index is 11.6. The number of benzene rings is 2. The lowest BCUT2D eigenvalue weighted by Crippen LogP contribution is -2.10. The number of ether oxygens (including phenoxy) is 1.